The second kappa shape index (κ2) is 7.62. The molecule has 28 heavy (non-hydrogen) atoms. The molecule has 1 aliphatic heterocycles. The molecule has 4 rings (SSSR count). The van der Waals surface area contributed by atoms with Crippen molar-refractivity contribution in [1.82, 2.24) is 9.88 Å². The number of likely N-dealkylation sites (tertiary alicyclic amines) is 1. The van der Waals surface area contributed by atoms with Crippen LogP contribution in [-0.4, -0.2) is 46.1 Å². The van der Waals surface area contributed by atoms with Crippen LogP contribution in [-0.2, 0) is 4.79 Å². The molecular weight excluding hydrogens is 356 g/mol. The Balaban J connectivity index is 1.64. The Kier molecular flexibility index (Phi) is 5.03. The van der Waals surface area contributed by atoms with E-state index in [2.05, 4.69) is 4.98 Å². The Labute approximate surface area is 164 Å². The van der Waals surface area contributed by atoms with E-state index in [4.69, 9.17) is 4.74 Å². The Morgan fingerprint density at radius 3 is 2.57 bits per heavy atom. The van der Waals surface area contributed by atoms with Gasteiger partial charge in [-0.2, -0.15) is 0 Å². The van der Waals surface area contributed by atoms with Crippen LogP contribution in [0.25, 0.3) is 11.1 Å². The van der Waals surface area contributed by atoms with Gasteiger partial charge in [0.25, 0.3) is 5.91 Å². The van der Waals surface area contributed by atoms with Gasteiger partial charge in [-0.15, -0.1) is 0 Å². The van der Waals surface area contributed by atoms with E-state index < -0.39 is 12.0 Å². The third kappa shape index (κ3) is 3.35. The standard InChI is InChI=1S/C22H24N2O4/c1-28-18-8-6-14(7-9-18)16-10-17(13-23-12-16)21(25)24-19-5-3-2-4-15(19)11-20(24)22(26)27/h6-10,12-13,15,19-20H,2-5,11H2,1H3,(H,26,27). The van der Waals surface area contributed by atoms with Crippen molar-refractivity contribution in [2.24, 2.45) is 5.92 Å². The number of carboxylic acids is 1. The molecule has 2 aliphatic rings. The highest BCUT2D eigenvalue weighted by atomic mass is 16.5. The molecule has 6 nitrogen and oxygen atoms in total. The Hall–Kier alpha value is -2.89. The summed E-state index contributed by atoms with van der Waals surface area (Å²) in [5.74, 6) is -0.100. The van der Waals surface area contributed by atoms with Crippen LogP contribution in [0.2, 0.25) is 0 Å². The molecule has 146 valence electrons. The van der Waals surface area contributed by atoms with Gasteiger partial charge in [0, 0.05) is 24.0 Å². The van der Waals surface area contributed by atoms with Crippen molar-refractivity contribution in [3.05, 3.63) is 48.3 Å². The van der Waals surface area contributed by atoms with E-state index in [1.807, 2.05) is 24.3 Å². The van der Waals surface area contributed by atoms with Gasteiger partial charge in [-0.3, -0.25) is 9.78 Å². The number of benzene rings is 1. The minimum Gasteiger partial charge on any atom is -0.497 e. The van der Waals surface area contributed by atoms with Crippen molar-refractivity contribution in [2.75, 3.05) is 7.11 Å². The van der Waals surface area contributed by atoms with Gasteiger partial charge in [-0.05, 0) is 48.9 Å². The number of methoxy groups -OCH3 is 1. The minimum absolute atomic E-state index is 0.0204. The highest BCUT2D eigenvalue weighted by Crippen LogP contribution is 2.40. The summed E-state index contributed by atoms with van der Waals surface area (Å²) in [4.78, 5) is 31.0. The first-order chi connectivity index (χ1) is 13.6. The number of fused-ring (bicyclic) bond motifs is 1. The summed E-state index contributed by atoms with van der Waals surface area (Å²) in [5, 5.41) is 9.69. The first-order valence-electron chi connectivity index (χ1n) is 9.73. The largest absolute Gasteiger partial charge is 0.497 e. The Morgan fingerprint density at radius 1 is 1.11 bits per heavy atom. The van der Waals surface area contributed by atoms with Gasteiger partial charge in [0.2, 0.25) is 0 Å². The summed E-state index contributed by atoms with van der Waals surface area (Å²) in [5.41, 5.74) is 2.18. The van der Waals surface area contributed by atoms with Gasteiger partial charge >= 0.3 is 5.97 Å². The number of rotatable bonds is 4. The number of carbonyl (C=O) groups excluding carboxylic acids is 1. The fourth-order valence-corrected chi connectivity index (χ4v) is 4.62. The molecule has 3 atom stereocenters. The van der Waals surface area contributed by atoms with Crippen LogP contribution in [0.4, 0.5) is 0 Å². The maximum atomic E-state index is 13.3. The summed E-state index contributed by atoms with van der Waals surface area (Å²) in [6.07, 6.45) is 7.84. The smallest absolute Gasteiger partial charge is 0.326 e. The Bertz CT molecular complexity index is 880. The summed E-state index contributed by atoms with van der Waals surface area (Å²) in [7, 11) is 1.61. The zero-order valence-electron chi connectivity index (χ0n) is 15.9. The molecule has 1 N–H and O–H groups in total. The zero-order valence-corrected chi connectivity index (χ0v) is 15.9. The number of hydrogen-bond acceptors (Lipinski definition) is 4. The fourth-order valence-electron chi connectivity index (χ4n) is 4.62. The van der Waals surface area contributed by atoms with E-state index in [9.17, 15) is 14.7 Å². The molecule has 1 saturated heterocycles. The normalized spacial score (nSPS) is 23.9. The molecule has 2 fully saturated rings. The number of amides is 1. The number of aromatic nitrogens is 1. The lowest BCUT2D eigenvalue weighted by Gasteiger charge is -2.33. The molecule has 2 heterocycles. The van der Waals surface area contributed by atoms with Crippen LogP contribution in [0.3, 0.4) is 0 Å². The monoisotopic (exact) mass is 380 g/mol. The van der Waals surface area contributed by atoms with Gasteiger partial charge in [0.15, 0.2) is 0 Å². The van der Waals surface area contributed by atoms with Crippen LogP contribution >= 0.6 is 0 Å². The van der Waals surface area contributed by atoms with E-state index in [1.165, 1.54) is 6.20 Å². The molecule has 0 radical (unpaired) electrons. The predicted molar refractivity (Wildman–Crippen MR) is 104 cm³/mol. The Morgan fingerprint density at radius 2 is 1.86 bits per heavy atom. The lowest BCUT2D eigenvalue weighted by Crippen LogP contribution is -2.46. The van der Waals surface area contributed by atoms with Crippen LogP contribution in [0.1, 0.15) is 42.5 Å². The first kappa shape index (κ1) is 18.5. The zero-order chi connectivity index (χ0) is 19.7. The number of hydrogen-bond donors (Lipinski definition) is 1. The molecule has 1 saturated carbocycles. The fraction of sp³-hybridized carbons (Fsp3) is 0.409. The van der Waals surface area contributed by atoms with E-state index in [0.29, 0.717) is 12.0 Å². The van der Waals surface area contributed by atoms with E-state index in [-0.39, 0.29) is 17.9 Å². The molecule has 3 unspecified atom stereocenters. The molecule has 0 spiro atoms. The van der Waals surface area contributed by atoms with Gasteiger partial charge in [0.05, 0.1) is 12.7 Å². The predicted octanol–water partition coefficient (Wildman–Crippen LogP) is 3.62. The number of nitrogens with zero attached hydrogens (tertiary/aromatic N) is 2. The molecule has 0 bridgehead atoms. The highest BCUT2D eigenvalue weighted by Gasteiger charge is 2.47. The minimum atomic E-state index is -0.915. The van der Waals surface area contributed by atoms with Crippen molar-refractivity contribution >= 4 is 11.9 Å². The van der Waals surface area contributed by atoms with E-state index in [1.54, 1.807) is 24.3 Å². The van der Waals surface area contributed by atoms with Gasteiger partial charge in [-0.1, -0.05) is 25.0 Å². The van der Waals surface area contributed by atoms with E-state index in [0.717, 1.165) is 42.6 Å². The van der Waals surface area contributed by atoms with Crippen molar-refractivity contribution in [3.63, 3.8) is 0 Å². The van der Waals surface area contributed by atoms with Crippen LogP contribution in [0.15, 0.2) is 42.7 Å². The first-order valence-corrected chi connectivity index (χ1v) is 9.73. The maximum Gasteiger partial charge on any atom is 0.326 e. The van der Waals surface area contributed by atoms with Crippen molar-refractivity contribution in [2.45, 2.75) is 44.2 Å². The van der Waals surface area contributed by atoms with E-state index >= 15 is 0 Å². The number of carboxylic acid groups (broad SMARTS) is 1. The lowest BCUT2D eigenvalue weighted by atomic mass is 9.84. The molecule has 1 aromatic carbocycles. The van der Waals surface area contributed by atoms with Crippen LogP contribution < -0.4 is 4.74 Å². The van der Waals surface area contributed by atoms with Crippen LogP contribution in [0, 0.1) is 5.92 Å². The molecule has 2 aromatic rings. The molecule has 6 heteroatoms. The summed E-state index contributed by atoms with van der Waals surface area (Å²) in [6.45, 7) is 0. The highest BCUT2D eigenvalue weighted by molar-refractivity contribution is 5.98. The molecule has 1 amide bonds. The number of aliphatic carboxylic acids is 1. The molecular formula is C22H24N2O4. The quantitative estimate of drug-likeness (QED) is 0.876. The third-order valence-corrected chi connectivity index (χ3v) is 6.02. The van der Waals surface area contributed by atoms with Crippen molar-refractivity contribution in [3.8, 4) is 16.9 Å². The van der Waals surface area contributed by atoms with Crippen molar-refractivity contribution < 1.29 is 19.4 Å². The SMILES string of the molecule is COc1ccc(-c2cncc(C(=O)N3C(C(=O)O)CC4CCCCC43)c2)cc1. The number of carbonyl (C=O) groups is 2. The van der Waals surface area contributed by atoms with Crippen molar-refractivity contribution in [1.29, 1.82) is 0 Å². The number of pyridine rings is 1. The average Bonchev–Trinajstić information content (AvgIpc) is 3.13. The average molecular weight is 380 g/mol. The van der Waals surface area contributed by atoms with Gasteiger partial charge < -0.3 is 14.7 Å². The maximum absolute atomic E-state index is 13.3. The lowest BCUT2D eigenvalue weighted by molar-refractivity contribution is -0.141. The van der Waals surface area contributed by atoms with Gasteiger partial charge in [0.1, 0.15) is 11.8 Å². The summed E-state index contributed by atoms with van der Waals surface area (Å²) in [6, 6.07) is 8.62. The second-order valence-electron chi connectivity index (χ2n) is 7.60. The van der Waals surface area contributed by atoms with Crippen LogP contribution in [0.5, 0.6) is 5.75 Å². The topological polar surface area (TPSA) is 79.7 Å². The molecule has 1 aromatic heterocycles. The number of ether oxygens (including phenoxy) is 1. The molecule has 1 aliphatic carbocycles. The summed E-state index contributed by atoms with van der Waals surface area (Å²) < 4.78 is 5.19. The second-order valence-corrected chi connectivity index (χ2v) is 7.60. The van der Waals surface area contributed by atoms with Gasteiger partial charge in [-0.25, -0.2) is 4.79 Å². The third-order valence-electron chi connectivity index (χ3n) is 6.02. The summed E-state index contributed by atoms with van der Waals surface area (Å²) >= 11 is 0.